The zero-order chi connectivity index (χ0) is 55.0. The van der Waals surface area contributed by atoms with Crippen LogP contribution in [0.2, 0.25) is 0 Å². The quantitative estimate of drug-likeness (QED) is 0.0320. The summed E-state index contributed by atoms with van der Waals surface area (Å²) in [5.74, 6) is -0.0695. The van der Waals surface area contributed by atoms with Crippen molar-refractivity contribution in [1.29, 1.82) is 0 Å². The molecule has 0 radical (unpaired) electrons. The summed E-state index contributed by atoms with van der Waals surface area (Å²) in [6.45, 7) is 4.92. The van der Waals surface area contributed by atoms with Crippen LogP contribution in [-0.4, -0.2) is 47.4 Å². The first-order chi connectivity index (χ1) is 37.5. The summed E-state index contributed by atoms with van der Waals surface area (Å²) in [7, 11) is 0. The van der Waals surface area contributed by atoms with Crippen molar-refractivity contribution in [3.8, 4) is 0 Å². The maximum absolute atomic E-state index is 12.5. The molecule has 1 amide bonds. The van der Waals surface area contributed by atoms with Gasteiger partial charge in [-0.1, -0.05) is 314 Å². The van der Waals surface area contributed by atoms with E-state index < -0.39 is 12.1 Å². The van der Waals surface area contributed by atoms with Gasteiger partial charge in [0.15, 0.2) is 0 Å². The van der Waals surface area contributed by atoms with Gasteiger partial charge in [0, 0.05) is 12.8 Å². The lowest BCUT2D eigenvalue weighted by Gasteiger charge is -2.20. The molecular formula is C70H133NO5. The Labute approximate surface area is 474 Å². The van der Waals surface area contributed by atoms with E-state index in [1.165, 1.54) is 295 Å². The summed E-state index contributed by atoms with van der Waals surface area (Å²) in [5.41, 5.74) is 0. The van der Waals surface area contributed by atoms with Crippen LogP contribution in [0.15, 0.2) is 36.5 Å². The monoisotopic (exact) mass is 1070 g/mol. The summed E-state index contributed by atoms with van der Waals surface area (Å²) >= 11 is 0. The molecule has 0 heterocycles. The van der Waals surface area contributed by atoms with Gasteiger partial charge in [0.25, 0.3) is 0 Å². The van der Waals surface area contributed by atoms with Crippen molar-refractivity contribution in [3.63, 3.8) is 0 Å². The third-order valence-electron chi connectivity index (χ3n) is 15.9. The van der Waals surface area contributed by atoms with Gasteiger partial charge >= 0.3 is 5.97 Å². The van der Waals surface area contributed by atoms with E-state index in [4.69, 9.17) is 4.74 Å². The topological polar surface area (TPSA) is 95.9 Å². The smallest absolute Gasteiger partial charge is 0.305 e. The van der Waals surface area contributed by atoms with E-state index in [9.17, 15) is 19.8 Å². The molecule has 0 aliphatic rings. The molecule has 0 aromatic rings. The van der Waals surface area contributed by atoms with Gasteiger partial charge in [-0.3, -0.25) is 9.59 Å². The summed E-state index contributed by atoms with van der Waals surface area (Å²) in [6.07, 6.45) is 83.5. The van der Waals surface area contributed by atoms with Gasteiger partial charge in [-0.15, -0.1) is 0 Å². The third-order valence-corrected chi connectivity index (χ3v) is 15.9. The second kappa shape index (κ2) is 65.6. The molecule has 0 spiro atoms. The van der Waals surface area contributed by atoms with Crippen LogP contribution in [0, 0.1) is 0 Å². The van der Waals surface area contributed by atoms with Crippen molar-refractivity contribution in [2.24, 2.45) is 0 Å². The maximum Gasteiger partial charge on any atom is 0.305 e. The van der Waals surface area contributed by atoms with E-state index in [0.29, 0.717) is 19.4 Å². The number of allylic oxidation sites excluding steroid dienone is 5. The molecule has 0 aromatic carbocycles. The highest BCUT2D eigenvalue weighted by atomic mass is 16.5. The predicted octanol–water partition coefficient (Wildman–Crippen LogP) is 21.9. The lowest BCUT2D eigenvalue weighted by atomic mass is 10.0. The number of esters is 1. The van der Waals surface area contributed by atoms with E-state index in [0.717, 1.165) is 51.4 Å². The van der Waals surface area contributed by atoms with Crippen LogP contribution >= 0.6 is 0 Å². The maximum atomic E-state index is 12.5. The zero-order valence-corrected chi connectivity index (χ0v) is 51.3. The fourth-order valence-electron chi connectivity index (χ4n) is 10.6. The number of carbonyl (C=O) groups is 2. The van der Waals surface area contributed by atoms with Crippen LogP contribution in [0.1, 0.15) is 373 Å². The highest BCUT2D eigenvalue weighted by molar-refractivity contribution is 5.76. The molecule has 6 nitrogen and oxygen atoms in total. The summed E-state index contributed by atoms with van der Waals surface area (Å²) < 4.78 is 5.49. The highest BCUT2D eigenvalue weighted by Crippen LogP contribution is 2.18. The zero-order valence-electron chi connectivity index (χ0n) is 51.3. The number of unbranched alkanes of at least 4 members (excludes halogenated alkanes) is 49. The van der Waals surface area contributed by atoms with E-state index in [2.05, 4.69) is 43.5 Å². The number of hydrogen-bond donors (Lipinski definition) is 3. The second-order valence-corrected chi connectivity index (χ2v) is 23.5. The van der Waals surface area contributed by atoms with Crippen molar-refractivity contribution in [3.05, 3.63) is 36.5 Å². The first-order valence-corrected chi connectivity index (χ1v) is 34.3. The Kier molecular flexibility index (Phi) is 63.9. The lowest BCUT2D eigenvalue weighted by molar-refractivity contribution is -0.143. The number of rotatable bonds is 64. The molecule has 0 aromatic heterocycles. The second-order valence-electron chi connectivity index (χ2n) is 23.5. The van der Waals surface area contributed by atoms with E-state index in [1.807, 2.05) is 6.08 Å². The van der Waals surface area contributed by atoms with Crippen LogP contribution in [0.5, 0.6) is 0 Å². The lowest BCUT2D eigenvalue weighted by Crippen LogP contribution is -2.45. The van der Waals surface area contributed by atoms with Crippen molar-refractivity contribution in [1.82, 2.24) is 5.32 Å². The Balaban J connectivity index is 3.44. The van der Waals surface area contributed by atoms with Crippen molar-refractivity contribution < 1.29 is 24.5 Å². The standard InChI is InChI=1S/C70H133NO5/c1-3-5-7-9-11-13-15-17-19-21-22-25-28-31-34-38-42-46-50-54-58-62-68(73)67(66-72)71-69(74)63-59-55-51-47-43-39-35-32-29-26-23-24-27-30-33-37-41-45-49-53-57-61-65-76-70(75)64-60-56-52-48-44-40-36-20-18-16-14-12-10-8-6-4-2/h20,26,29,36,58,62,67-68,72-73H,3-19,21-25,27-28,30-35,37-57,59-61,63-66H2,1-2H3,(H,71,74)/b29-26-,36-20-,62-58+. The average Bonchev–Trinajstić information content (AvgIpc) is 3.42. The molecule has 0 saturated carbocycles. The van der Waals surface area contributed by atoms with Gasteiger partial charge < -0.3 is 20.3 Å². The Morgan fingerprint density at radius 3 is 0.934 bits per heavy atom. The molecule has 2 unspecified atom stereocenters. The largest absolute Gasteiger partial charge is 0.466 e. The predicted molar refractivity (Wildman–Crippen MR) is 333 cm³/mol. The molecule has 0 rings (SSSR count). The van der Waals surface area contributed by atoms with Gasteiger partial charge in [-0.25, -0.2) is 0 Å². The van der Waals surface area contributed by atoms with Gasteiger partial charge in [-0.2, -0.15) is 0 Å². The molecule has 3 N–H and O–H groups in total. The molecule has 6 heteroatoms. The van der Waals surface area contributed by atoms with Crippen LogP contribution < -0.4 is 5.32 Å². The van der Waals surface area contributed by atoms with Crippen LogP contribution in [-0.2, 0) is 14.3 Å². The van der Waals surface area contributed by atoms with E-state index in [1.54, 1.807) is 6.08 Å². The number of carbonyl (C=O) groups excluding carboxylic acids is 2. The van der Waals surface area contributed by atoms with Gasteiger partial charge in [-0.05, 0) is 83.5 Å². The normalized spacial score (nSPS) is 12.7. The molecule has 448 valence electrons. The molecule has 76 heavy (non-hydrogen) atoms. The fourth-order valence-corrected chi connectivity index (χ4v) is 10.6. The van der Waals surface area contributed by atoms with Gasteiger partial charge in [0.05, 0.1) is 25.4 Å². The minimum absolute atomic E-state index is 0.00247. The van der Waals surface area contributed by atoms with E-state index in [-0.39, 0.29) is 18.5 Å². The first kappa shape index (κ1) is 74.1. The molecule has 0 bridgehead atoms. The number of aliphatic hydroxyl groups is 2. The SMILES string of the molecule is CCCCCCCCC/C=C\CCCCCCCC(=O)OCCCCCCCCCCCCC/C=C\CCCCCCCCCC(=O)NC(CO)C(O)/C=C/CCCCCCCCCCCCCCCCCCCCC. The van der Waals surface area contributed by atoms with Crippen molar-refractivity contribution >= 4 is 11.9 Å². The van der Waals surface area contributed by atoms with Crippen molar-refractivity contribution in [2.45, 2.75) is 386 Å². The number of ether oxygens (including phenoxy) is 1. The van der Waals surface area contributed by atoms with Crippen molar-refractivity contribution in [2.75, 3.05) is 13.2 Å². The summed E-state index contributed by atoms with van der Waals surface area (Å²) in [6, 6.07) is -0.634. The first-order valence-electron chi connectivity index (χ1n) is 34.3. The summed E-state index contributed by atoms with van der Waals surface area (Å²) in [5, 5.41) is 23.2. The van der Waals surface area contributed by atoms with Gasteiger partial charge in [0.1, 0.15) is 0 Å². The fraction of sp³-hybridized carbons (Fsp3) is 0.886. The third kappa shape index (κ3) is 61.3. The molecule has 0 fully saturated rings. The van der Waals surface area contributed by atoms with Gasteiger partial charge in [0.2, 0.25) is 5.91 Å². The molecule has 0 aliphatic heterocycles. The highest BCUT2D eigenvalue weighted by Gasteiger charge is 2.18. The average molecular weight is 1070 g/mol. The number of amides is 1. The van der Waals surface area contributed by atoms with Crippen LogP contribution in [0.25, 0.3) is 0 Å². The Hall–Kier alpha value is -1.92. The van der Waals surface area contributed by atoms with E-state index >= 15 is 0 Å². The Morgan fingerprint density at radius 1 is 0.355 bits per heavy atom. The minimum atomic E-state index is -0.850. The summed E-state index contributed by atoms with van der Waals surface area (Å²) in [4.78, 5) is 24.6. The number of nitrogens with one attached hydrogen (secondary N) is 1. The molecule has 2 atom stereocenters. The Bertz CT molecular complexity index is 1230. The number of hydrogen-bond acceptors (Lipinski definition) is 5. The van der Waals surface area contributed by atoms with Crippen LogP contribution in [0.4, 0.5) is 0 Å². The molecule has 0 saturated heterocycles. The molecule has 0 aliphatic carbocycles. The number of aliphatic hydroxyl groups excluding tert-OH is 2. The Morgan fingerprint density at radius 2 is 0.618 bits per heavy atom. The molecular weight excluding hydrogens is 935 g/mol. The minimum Gasteiger partial charge on any atom is -0.466 e. The van der Waals surface area contributed by atoms with Crippen LogP contribution in [0.3, 0.4) is 0 Å².